The molecule has 8 nitrogen and oxygen atoms in total. The van der Waals surface area contributed by atoms with Crippen LogP contribution in [0.4, 0.5) is 11.5 Å². The fourth-order valence-electron chi connectivity index (χ4n) is 5.04. The summed E-state index contributed by atoms with van der Waals surface area (Å²) in [6.07, 6.45) is 2.29. The second kappa shape index (κ2) is 9.31. The minimum atomic E-state index is -0.818. The molecular weight excluding hydrogens is 583 g/mol. The number of pyridine rings is 1. The number of anilines is 2. The molecule has 0 bridgehead atoms. The topological polar surface area (TPSA) is 97.6 Å². The van der Waals surface area contributed by atoms with E-state index in [0.717, 1.165) is 38.7 Å². The van der Waals surface area contributed by atoms with Crippen LogP contribution in [0.2, 0.25) is 0 Å². The molecule has 37 heavy (non-hydrogen) atoms. The highest BCUT2D eigenvalue weighted by atomic mass is 127. The molecule has 5 rings (SSSR count). The van der Waals surface area contributed by atoms with Gasteiger partial charge in [0.25, 0.3) is 5.88 Å². The first-order chi connectivity index (χ1) is 17.5. The molecule has 192 valence electrons. The van der Waals surface area contributed by atoms with Gasteiger partial charge in [-0.2, -0.15) is 0 Å². The first-order valence-corrected chi connectivity index (χ1v) is 13.4. The number of ether oxygens (including phenoxy) is 1. The van der Waals surface area contributed by atoms with E-state index in [1.54, 1.807) is 22.6 Å². The van der Waals surface area contributed by atoms with Gasteiger partial charge >= 0.3 is 11.9 Å². The molecule has 3 aromatic rings. The molecule has 0 spiro atoms. The molecule has 2 aliphatic carbocycles. The number of hydrogen-bond acceptors (Lipinski definition) is 5. The molecule has 2 heterocycles. The minimum absolute atomic E-state index is 0.304. The van der Waals surface area contributed by atoms with Gasteiger partial charge in [0, 0.05) is 16.0 Å². The lowest BCUT2D eigenvalue weighted by atomic mass is 9.60. The van der Waals surface area contributed by atoms with Crippen LogP contribution in [0.3, 0.4) is 0 Å². The standard InChI is InChI=1S/C28H29IN4O4/c1-6-7-24(34)33(21-12-15(2)19(29)13-17(21)16-8-9-16)23-11-10-20-25(30-23)26(31-32(20)5)37-22-14-18(27(35)36)28(22,3)4/h10-13,16,18,22H,8-9,14H2,1-5H3,(H,35,36)/t18-,22+/m1/s1. The molecule has 9 heteroatoms. The molecule has 2 fully saturated rings. The third-order valence-corrected chi connectivity index (χ3v) is 8.77. The number of amides is 1. The number of benzene rings is 1. The Balaban J connectivity index is 1.59. The van der Waals surface area contributed by atoms with Crippen LogP contribution >= 0.6 is 22.6 Å². The van der Waals surface area contributed by atoms with E-state index in [2.05, 4.69) is 45.6 Å². The van der Waals surface area contributed by atoms with Crippen LogP contribution in [0.25, 0.3) is 11.0 Å². The van der Waals surface area contributed by atoms with E-state index in [9.17, 15) is 14.7 Å². The average molecular weight is 612 g/mol. The summed E-state index contributed by atoms with van der Waals surface area (Å²) in [4.78, 5) is 31.4. The maximum absolute atomic E-state index is 13.4. The Bertz CT molecular complexity index is 1500. The Morgan fingerprint density at radius 3 is 2.62 bits per heavy atom. The molecule has 2 aliphatic rings. The second-order valence-electron chi connectivity index (χ2n) is 10.5. The monoisotopic (exact) mass is 612 g/mol. The number of nitrogens with zero attached hydrogens (tertiary/aromatic N) is 4. The number of hydrogen-bond donors (Lipinski definition) is 1. The van der Waals surface area contributed by atoms with Crippen LogP contribution in [-0.2, 0) is 16.6 Å². The summed E-state index contributed by atoms with van der Waals surface area (Å²) in [7, 11) is 1.81. The molecule has 2 saturated carbocycles. The second-order valence-corrected chi connectivity index (χ2v) is 11.6. The van der Waals surface area contributed by atoms with Crippen LogP contribution in [0, 0.1) is 33.7 Å². The zero-order valence-electron chi connectivity index (χ0n) is 21.5. The Kier molecular flexibility index (Phi) is 6.42. The maximum Gasteiger partial charge on any atom is 0.308 e. The third kappa shape index (κ3) is 4.45. The Morgan fingerprint density at radius 2 is 2.00 bits per heavy atom. The molecule has 0 unspecified atom stereocenters. The van der Waals surface area contributed by atoms with Gasteiger partial charge in [-0.05, 0) is 103 Å². The quantitative estimate of drug-likeness (QED) is 0.299. The zero-order valence-corrected chi connectivity index (χ0v) is 23.7. The number of carboxylic acid groups (broad SMARTS) is 1. The van der Waals surface area contributed by atoms with Crippen LogP contribution in [0.15, 0.2) is 24.3 Å². The number of carbonyl (C=O) groups is 2. The molecule has 2 aromatic heterocycles. The number of aromatic nitrogens is 3. The van der Waals surface area contributed by atoms with Gasteiger partial charge < -0.3 is 9.84 Å². The predicted molar refractivity (Wildman–Crippen MR) is 149 cm³/mol. The van der Waals surface area contributed by atoms with Crippen molar-refractivity contribution in [2.24, 2.45) is 18.4 Å². The summed E-state index contributed by atoms with van der Waals surface area (Å²) in [5.74, 6) is 4.97. The first-order valence-electron chi connectivity index (χ1n) is 12.3. The van der Waals surface area contributed by atoms with E-state index in [1.807, 2.05) is 40.0 Å². The highest BCUT2D eigenvalue weighted by molar-refractivity contribution is 14.1. The number of rotatable bonds is 6. The van der Waals surface area contributed by atoms with Crippen LogP contribution in [0.5, 0.6) is 5.88 Å². The smallest absolute Gasteiger partial charge is 0.308 e. The van der Waals surface area contributed by atoms with E-state index < -0.39 is 17.3 Å². The number of carboxylic acids is 1. The van der Waals surface area contributed by atoms with Crippen molar-refractivity contribution in [3.63, 3.8) is 0 Å². The number of halogens is 1. The Hall–Kier alpha value is -3.13. The molecule has 1 N–H and O–H groups in total. The van der Waals surface area contributed by atoms with Crippen LogP contribution in [-0.4, -0.2) is 37.9 Å². The molecule has 0 aliphatic heterocycles. The summed E-state index contributed by atoms with van der Waals surface area (Å²) in [6, 6.07) is 7.89. The van der Waals surface area contributed by atoms with Gasteiger partial charge in [0.1, 0.15) is 11.9 Å². The summed E-state index contributed by atoms with van der Waals surface area (Å²) in [5, 5.41) is 14.0. The molecule has 0 radical (unpaired) electrons. The number of aliphatic carboxylic acids is 1. The average Bonchev–Trinajstić information content (AvgIpc) is 3.63. The van der Waals surface area contributed by atoms with E-state index in [0.29, 0.717) is 29.6 Å². The largest absolute Gasteiger partial charge is 0.481 e. The Morgan fingerprint density at radius 1 is 1.27 bits per heavy atom. The van der Waals surface area contributed by atoms with Gasteiger partial charge in [-0.25, -0.2) is 4.98 Å². The van der Waals surface area contributed by atoms with Crippen molar-refractivity contribution in [1.82, 2.24) is 14.8 Å². The normalized spacial score (nSPS) is 20.1. The van der Waals surface area contributed by atoms with Gasteiger partial charge in [-0.15, -0.1) is 5.10 Å². The molecular formula is C28H29IN4O4. The predicted octanol–water partition coefficient (Wildman–Crippen LogP) is 5.32. The van der Waals surface area contributed by atoms with Gasteiger partial charge in [-0.1, -0.05) is 19.8 Å². The van der Waals surface area contributed by atoms with Crippen molar-refractivity contribution < 1.29 is 19.4 Å². The number of fused-ring (bicyclic) bond motifs is 1. The highest BCUT2D eigenvalue weighted by Crippen LogP contribution is 2.49. The van der Waals surface area contributed by atoms with E-state index in [4.69, 9.17) is 9.72 Å². The first kappa shape index (κ1) is 25.5. The summed E-state index contributed by atoms with van der Waals surface area (Å²) < 4.78 is 9.09. The van der Waals surface area contributed by atoms with Gasteiger partial charge in [0.15, 0.2) is 5.52 Å². The van der Waals surface area contributed by atoms with Crippen LogP contribution in [0.1, 0.15) is 57.1 Å². The lowest BCUT2D eigenvalue weighted by Gasteiger charge is -2.48. The SMILES string of the molecule is CC#CC(=O)N(c1ccc2c(n1)c(O[C@H]1C[C@H](C(=O)O)C1(C)C)nn2C)c1cc(C)c(I)cc1C1CC1. The molecule has 2 atom stereocenters. The van der Waals surface area contributed by atoms with Gasteiger partial charge in [-0.3, -0.25) is 19.2 Å². The van der Waals surface area contributed by atoms with Crippen molar-refractivity contribution in [1.29, 1.82) is 0 Å². The summed E-state index contributed by atoms with van der Waals surface area (Å²) in [6.45, 7) is 7.47. The minimum Gasteiger partial charge on any atom is -0.481 e. The van der Waals surface area contributed by atoms with Crippen molar-refractivity contribution in [3.05, 3.63) is 39.0 Å². The lowest BCUT2D eigenvalue weighted by Crippen LogP contribution is -2.55. The van der Waals surface area contributed by atoms with Crippen molar-refractivity contribution in [3.8, 4) is 17.7 Å². The third-order valence-electron chi connectivity index (χ3n) is 7.61. The van der Waals surface area contributed by atoms with Crippen molar-refractivity contribution >= 4 is 57.0 Å². The summed E-state index contributed by atoms with van der Waals surface area (Å²) >= 11 is 2.34. The highest BCUT2D eigenvalue weighted by Gasteiger charge is 2.54. The van der Waals surface area contributed by atoms with E-state index >= 15 is 0 Å². The molecule has 1 aromatic carbocycles. The summed E-state index contributed by atoms with van der Waals surface area (Å²) in [5.41, 5.74) is 3.74. The molecule has 0 saturated heterocycles. The molecule has 1 amide bonds. The fourth-order valence-corrected chi connectivity index (χ4v) is 5.53. The van der Waals surface area contributed by atoms with Gasteiger partial charge in [0.2, 0.25) is 0 Å². The Labute approximate surface area is 229 Å². The van der Waals surface area contributed by atoms with E-state index in [1.165, 1.54) is 0 Å². The lowest BCUT2D eigenvalue weighted by molar-refractivity contribution is -0.165. The zero-order chi connectivity index (χ0) is 26.6. The van der Waals surface area contributed by atoms with Crippen molar-refractivity contribution in [2.75, 3.05) is 4.90 Å². The van der Waals surface area contributed by atoms with Crippen molar-refractivity contribution in [2.45, 2.75) is 59.0 Å². The number of aryl methyl sites for hydroxylation is 2. The fraction of sp³-hybridized carbons (Fsp3) is 0.429. The van der Waals surface area contributed by atoms with E-state index in [-0.39, 0.29) is 12.0 Å². The van der Waals surface area contributed by atoms with Gasteiger partial charge in [0.05, 0.1) is 17.1 Å². The maximum atomic E-state index is 13.4. The van der Waals surface area contributed by atoms with Crippen LogP contribution < -0.4 is 9.64 Å². The number of carbonyl (C=O) groups excluding carboxylic acids is 1.